The molecule has 96 valence electrons. The maximum absolute atomic E-state index is 11.8. The summed E-state index contributed by atoms with van der Waals surface area (Å²) in [6.45, 7) is 6.16. The van der Waals surface area contributed by atoms with E-state index in [1.807, 2.05) is 6.92 Å². The van der Waals surface area contributed by atoms with Gasteiger partial charge in [0.15, 0.2) is 0 Å². The molecule has 0 aliphatic carbocycles. The molecule has 0 fully saturated rings. The van der Waals surface area contributed by atoms with Gasteiger partial charge >= 0.3 is 0 Å². The zero-order valence-corrected chi connectivity index (χ0v) is 12.0. The highest BCUT2D eigenvalue weighted by Crippen LogP contribution is 2.31. The SMILES string of the molecule is Cc1sc(NC(=O)CSc2cn[nH]n2)c(C)c1C. The molecule has 5 nitrogen and oxygen atoms in total. The number of nitrogens with one attached hydrogen (secondary N) is 2. The van der Waals surface area contributed by atoms with Crippen LogP contribution in [0.25, 0.3) is 0 Å². The molecule has 2 rings (SSSR count). The van der Waals surface area contributed by atoms with Crippen molar-refractivity contribution in [2.75, 3.05) is 11.1 Å². The summed E-state index contributed by atoms with van der Waals surface area (Å²) in [6, 6.07) is 0. The lowest BCUT2D eigenvalue weighted by molar-refractivity contribution is -0.113. The Hall–Kier alpha value is -1.34. The van der Waals surface area contributed by atoms with Crippen molar-refractivity contribution in [2.45, 2.75) is 25.8 Å². The molecule has 7 heteroatoms. The second kappa shape index (κ2) is 5.53. The van der Waals surface area contributed by atoms with Crippen LogP contribution >= 0.6 is 23.1 Å². The number of hydrogen-bond donors (Lipinski definition) is 2. The van der Waals surface area contributed by atoms with Crippen LogP contribution < -0.4 is 5.32 Å². The summed E-state index contributed by atoms with van der Waals surface area (Å²) in [6.07, 6.45) is 1.60. The molecule has 0 spiro atoms. The fraction of sp³-hybridized carbons (Fsp3) is 0.364. The van der Waals surface area contributed by atoms with E-state index in [1.165, 1.54) is 22.2 Å². The molecule has 2 aromatic rings. The minimum absolute atomic E-state index is 0.0210. The van der Waals surface area contributed by atoms with Crippen molar-refractivity contribution in [3.63, 3.8) is 0 Å². The van der Waals surface area contributed by atoms with Crippen LogP contribution in [0.1, 0.15) is 16.0 Å². The standard InChI is InChI=1S/C11H14N4OS2/c1-6-7(2)11(18-8(6)3)13-9(16)5-17-10-4-12-15-14-10/h4H,5H2,1-3H3,(H,13,16)(H,12,14,15). The monoisotopic (exact) mass is 282 g/mol. The van der Waals surface area contributed by atoms with E-state index in [1.54, 1.807) is 17.5 Å². The number of thioether (sulfide) groups is 1. The number of H-pyrrole nitrogens is 1. The quantitative estimate of drug-likeness (QED) is 0.845. The molecule has 0 bridgehead atoms. The predicted molar refractivity (Wildman–Crippen MR) is 74.3 cm³/mol. The fourth-order valence-corrected chi connectivity index (χ4v) is 3.09. The Labute approximate surface area is 113 Å². The Balaban J connectivity index is 1.93. The summed E-state index contributed by atoms with van der Waals surface area (Å²) in [5.74, 6) is 0.314. The first-order valence-electron chi connectivity index (χ1n) is 5.43. The topological polar surface area (TPSA) is 70.7 Å². The van der Waals surface area contributed by atoms with Gasteiger partial charge in [-0.25, -0.2) is 0 Å². The van der Waals surface area contributed by atoms with Crippen molar-refractivity contribution in [2.24, 2.45) is 0 Å². The first-order chi connectivity index (χ1) is 8.58. The molecule has 1 amide bonds. The highest BCUT2D eigenvalue weighted by molar-refractivity contribution is 7.99. The van der Waals surface area contributed by atoms with Crippen LogP contribution in [-0.2, 0) is 4.79 Å². The van der Waals surface area contributed by atoms with Crippen molar-refractivity contribution in [3.05, 3.63) is 22.2 Å². The van der Waals surface area contributed by atoms with Gasteiger partial charge < -0.3 is 5.32 Å². The van der Waals surface area contributed by atoms with Gasteiger partial charge in [0.25, 0.3) is 0 Å². The van der Waals surface area contributed by atoms with E-state index in [-0.39, 0.29) is 5.91 Å². The average molecular weight is 282 g/mol. The molecule has 2 N–H and O–H groups in total. The number of carbonyl (C=O) groups is 1. The third-order valence-electron chi connectivity index (χ3n) is 2.68. The summed E-state index contributed by atoms with van der Waals surface area (Å²) in [4.78, 5) is 13.0. The van der Waals surface area contributed by atoms with E-state index in [0.29, 0.717) is 5.75 Å². The molecule has 0 unspecified atom stereocenters. The first kappa shape index (κ1) is 13.1. The summed E-state index contributed by atoms with van der Waals surface area (Å²) in [7, 11) is 0. The fourth-order valence-electron chi connectivity index (χ4n) is 1.42. The molecule has 0 radical (unpaired) electrons. The van der Waals surface area contributed by atoms with E-state index < -0.39 is 0 Å². The van der Waals surface area contributed by atoms with E-state index >= 15 is 0 Å². The minimum Gasteiger partial charge on any atom is -0.317 e. The molecule has 2 aromatic heterocycles. The molecule has 0 aliphatic heterocycles. The maximum Gasteiger partial charge on any atom is 0.235 e. The zero-order valence-electron chi connectivity index (χ0n) is 10.4. The molecule has 0 saturated carbocycles. The van der Waals surface area contributed by atoms with Crippen LogP contribution in [-0.4, -0.2) is 27.1 Å². The smallest absolute Gasteiger partial charge is 0.235 e. The predicted octanol–water partition coefficient (Wildman–Crippen LogP) is 2.52. The van der Waals surface area contributed by atoms with Gasteiger partial charge in [0.1, 0.15) is 5.03 Å². The third kappa shape index (κ3) is 2.91. The lowest BCUT2D eigenvalue weighted by Crippen LogP contribution is -2.13. The second-order valence-electron chi connectivity index (χ2n) is 3.88. The number of rotatable bonds is 4. The first-order valence-corrected chi connectivity index (χ1v) is 7.23. The number of aryl methyl sites for hydroxylation is 1. The number of amides is 1. The zero-order chi connectivity index (χ0) is 13.1. The van der Waals surface area contributed by atoms with Crippen molar-refractivity contribution in [3.8, 4) is 0 Å². The van der Waals surface area contributed by atoms with Crippen LogP contribution in [0.15, 0.2) is 11.2 Å². The number of anilines is 1. The maximum atomic E-state index is 11.8. The molecular weight excluding hydrogens is 268 g/mol. The lowest BCUT2D eigenvalue weighted by atomic mass is 10.2. The van der Waals surface area contributed by atoms with Crippen LogP contribution in [0.2, 0.25) is 0 Å². The lowest BCUT2D eigenvalue weighted by Gasteiger charge is -2.02. The van der Waals surface area contributed by atoms with Gasteiger partial charge in [-0.15, -0.1) is 16.4 Å². The normalized spacial score (nSPS) is 10.6. The summed E-state index contributed by atoms with van der Waals surface area (Å²) < 4.78 is 0. The minimum atomic E-state index is -0.0210. The number of hydrogen-bond acceptors (Lipinski definition) is 5. The summed E-state index contributed by atoms with van der Waals surface area (Å²) in [5, 5.41) is 14.7. The molecule has 0 aromatic carbocycles. The Morgan fingerprint density at radius 1 is 1.44 bits per heavy atom. The summed E-state index contributed by atoms with van der Waals surface area (Å²) >= 11 is 2.98. The molecule has 0 saturated heterocycles. The van der Waals surface area contributed by atoms with Gasteiger partial charge in [-0.2, -0.15) is 10.3 Å². The van der Waals surface area contributed by atoms with Crippen molar-refractivity contribution < 1.29 is 4.79 Å². The van der Waals surface area contributed by atoms with Crippen molar-refractivity contribution in [1.29, 1.82) is 0 Å². The van der Waals surface area contributed by atoms with E-state index in [0.717, 1.165) is 15.6 Å². The Bertz CT molecular complexity index is 548. The highest BCUT2D eigenvalue weighted by Gasteiger charge is 2.11. The van der Waals surface area contributed by atoms with E-state index in [2.05, 4.69) is 34.6 Å². The number of aromatic nitrogens is 3. The Morgan fingerprint density at radius 3 is 2.78 bits per heavy atom. The highest BCUT2D eigenvalue weighted by atomic mass is 32.2. The van der Waals surface area contributed by atoms with Gasteiger partial charge in [0.2, 0.25) is 5.91 Å². The van der Waals surface area contributed by atoms with Gasteiger partial charge in [0, 0.05) is 4.88 Å². The van der Waals surface area contributed by atoms with E-state index in [4.69, 9.17) is 0 Å². The Kier molecular flexibility index (Phi) is 4.03. The third-order valence-corrected chi connectivity index (χ3v) is 4.81. The van der Waals surface area contributed by atoms with Gasteiger partial charge in [-0.05, 0) is 31.9 Å². The number of aromatic amines is 1. The van der Waals surface area contributed by atoms with Crippen LogP contribution in [0.5, 0.6) is 0 Å². The van der Waals surface area contributed by atoms with Crippen LogP contribution in [0, 0.1) is 20.8 Å². The second-order valence-corrected chi connectivity index (χ2v) is 6.10. The Morgan fingerprint density at radius 2 is 2.22 bits per heavy atom. The molecule has 0 aliphatic rings. The van der Waals surface area contributed by atoms with Gasteiger partial charge in [-0.3, -0.25) is 4.79 Å². The molecular formula is C11H14N4OS2. The largest absolute Gasteiger partial charge is 0.317 e. The van der Waals surface area contributed by atoms with Crippen LogP contribution in [0.3, 0.4) is 0 Å². The van der Waals surface area contributed by atoms with Crippen molar-refractivity contribution >= 4 is 34.0 Å². The molecule has 0 atom stereocenters. The van der Waals surface area contributed by atoms with Crippen molar-refractivity contribution in [1.82, 2.24) is 15.4 Å². The van der Waals surface area contributed by atoms with Gasteiger partial charge in [-0.1, -0.05) is 11.8 Å². The summed E-state index contributed by atoms with van der Waals surface area (Å²) in [5.41, 5.74) is 2.40. The van der Waals surface area contributed by atoms with E-state index in [9.17, 15) is 4.79 Å². The number of carbonyl (C=O) groups excluding carboxylic acids is 1. The average Bonchev–Trinajstić information content (AvgIpc) is 2.93. The number of thiophene rings is 1. The molecule has 18 heavy (non-hydrogen) atoms. The molecule has 2 heterocycles. The van der Waals surface area contributed by atoms with Gasteiger partial charge in [0.05, 0.1) is 17.0 Å². The van der Waals surface area contributed by atoms with Crippen LogP contribution in [0.4, 0.5) is 5.00 Å². The number of nitrogens with zero attached hydrogens (tertiary/aromatic N) is 2.